The van der Waals surface area contributed by atoms with Gasteiger partial charge in [-0.1, -0.05) is 44.2 Å². The summed E-state index contributed by atoms with van der Waals surface area (Å²) < 4.78 is 0. The smallest absolute Gasteiger partial charge is 0.0592 e. The first-order valence-electron chi connectivity index (χ1n) is 5.52. The molecule has 2 nitrogen and oxygen atoms in total. The third-order valence-electron chi connectivity index (χ3n) is 3.35. The lowest BCUT2D eigenvalue weighted by atomic mass is 9.75. The van der Waals surface area contributed by atoms with Crippen LogP contribution in [0.15, 0.2) is 30.3 Å². The summed E-state index contributed by atoms with van der Waals surface area (Å²) >= 11 is 0. The van der Waals surface area contributed by atoms with Gasteiger partial charge in [0.15, 0.2) is 0 Å². The quantitative estimate of drug-likeness (QED) is 0.814. The minimum absolute atomic E-state index is 0.264. The minimum atomic E-state index is 0.264. The van der Waals surface area contributed by atoms with Crippen LogP contribution in [0.1, 0.15) is 19.4 Å². The average molecular weight is 205 g/mol. The molecular weight excluding hydrogens is 186 g/mol. The van der Waals surface area contributed by atoms with Gasteiger partial charge in [0.2, 0.25) is 0 Å². The van der Waals surface area contributed by atoms with Gasteiger partial charge in [0.25, 0.3) is 0 Å². The van der Waals surface area contributed by atoms with Crippen molar-refractivity contribution in [2.75, 3.05) is 13.2 Å². The van der Waals surface area contributed by atoms with Gasteiger partial charge in [0, 0.05) is 19.1 Å². The van der Waals surface area contributed by atoms with E-state index in [4.69, 9.17) is 0 Å². The number of benzene rings is 1. The van der Waals surface area contributed by atoms with Crippen LogP contribution in [0.25, 0.3) is 0 Å². The first kappa shape index (κ1) is 10.7. The molecule has 0 aliphatic carbocycles. The van der Waals surface area contributed by atoms with Crippen LogP contribution >= 0.6 is 0 Å². The highest BCUT2D eigenvalue weighted by atomic mass is 16.3. The summed E-state index contributed by atoms with van der Waals surface area (Å²) in [5.74, 6) is 0. The normalized spacial score (nSPS) is 24.9. The Morgan fingerprint density at radius 1 is 1.33 bits per heavy atom. The van der Waals surface area contributed by atoms with Crippen LogP contribution in [0.3, 0.4) is 0 Å². The van der Waals surface area contributed by atoms with Gasteiger partial charge in [0.1, 0.15) is 0 Å². The predicted octanol–water partition coefficient (Wildman–Crippen LogP) is 1.89. The molecule has 0 bridgehead atoms. The zero-order chi connectivity index (χ0) is 10.9. The van der Waals surface area contributed by atoms with Crippen LogP contribution in [-0.4, -0.2) is 29.2 Å². The Kier molecular flexibility index (Phi) is 2.81. The Hall–Kier alpha value is -0.860. The number of nitrogens with zero attached hydrogens (tertiary/aromatic N) is 1. The molecule has 0 saturated carbocycles. The van der Waals surface area contributed by atoms with Gasteiger partial charge in [-0.3, -0.25) is 4.90 Å². The summed E-state index contributed by atoms with van der Waals surface area (Å²) in [6, 6.07) is 10.8. The van der Waals surface area contributed by atoms with Gasteiger partial charge in [-0.2, -0.15) is 0 Å². The maximum absolute atomic E-state index is 9.33. The van der Waals surface area contributed by atoms with E-state index in [1.165, 1.54) is 5.56 Å². The number of aliphatic hydroxyl groups is 1. The van der Waals surface area contributed by atoms with E-state index in [1.807, 2.05) is 6.07 Å². The highest BCUT2D eigenvalue weighted by Gasteiger charge is 2.44. The van der Waals surface area contributed by atoms with Crippen molar-refractivity contribution >= 4 is 0 Å². The molecule has 0 spiro atoms. The average Bonchev–Trinajstić information content (AvgIpc) is 2.18. The topological polar surface area (TPSA) is 23.5 Å². The van der Waals surface area contributed by atoms with Gasteiger partial charge in [-0.05, 0) is 11.0 Å². The van der Waals surface area contributed by atoms with Crippen LogP contribution < -0.4 is 0 Å². The van der Waals surface area contributed by atoms with Crippen LogP contribution in [0.4, 0.5) is 0 Å². The Morgan fingerprint density at radius 3 is 2.53 bits per heavy atom. The molecule has 1 aromatic rings. The second-order valence-electron chi connectivity index (χ2n) is 5.08. The summed E-state index contributed by atoms with van der Waals surface area (Å²) in [7, 11) is 0. The Morgan fingerprint density at radius 2 is 2.00 bits per heavy atom. The maximum Gasteiger partial charge on any atom is 0.0592 e. The molecule has 1 heterocycles. The Bertz CT molecular complexity index is 321. The van der Waals surface area contributed by atoms with Crippen molar-refractivity contribution in [3.8, 4) is 0 Å². The van der Waals surface area contributed by atoms with E-state index in [2.05, 4.69) is 43.0 Å². The fraction of sp³-hybridized carbons (Fsp3) is 0.538. The second kappa shape index (κ2) is 3.95. The lowest BCUT2D eigenvalue weighted by molar-refractivity contribution is -0.0812. The summed E-state index contributed by atoms with van der Waals surface area (Å²) in [5.41, 5.74) is 1.59. The third-order valence-corrected chi connectivity index (χ3v) is 3.35. The van der Waals surface area contributed by atoms with Crippen molar-refractivity contribution in [3.05, 3.63) is 35.9 Å². The molecule has 0 radical (unpaired) electrons. The molecule has 0 amide bonds. The van der Waals surface area contributed by atoms with Gasteiger partial charge >= 0.3 is 0 Å². The molecular formula is C13H19NO. The van der Waals surface area contributed by atoms with Gasteiger partial charge in [-0.15, -0.1) is 0 Å². The first-order chi connectivity index (χ1) is 7.13. The van der Waals surface area contributed by atoms with Crippen molar-refractivity contribution in [2.24, 2.45) is 5.41 Å². The molecule has 82 valence electrons. The van der Waals surface area contributed by atoms with E-state index in [0.29, 0.717) is 6.04 Å². The monoisotopic (exact) mass is 205 g/mol. The van der Waals surface area contributed by atoms with Crippen molar-refractivity contribution < 1.29 is 5.11 Å². The Balaban J connectivity index is 1.98. The molecule has 0 aromatic heterocycles. The molecule has 1 aliphatic rings. The zero-order valence-electron chi connectivity index (χ0n) is 9.48. The lowest BCUT2D eigenvalue weighted by Crippen LogP contribution is -2.62. The summed E-state index contributed by atoms with van der Waals surface area (Å²) in [5, 5.41) is 9.33. The van der Waals surface area contributed by atoms with Gasteiger partial charge in [-0.25, -0.2) is 0 Å². The van der Waals surface area contributed by atoms with Crippen molar-refractivity contribution in [1.82, 2.24) is 4.90 Å². The van der Waals surface area contributed by atoms with Crippen LogP contribution in [0.2, 0.25) is 0 Å². The molecule has 15 heavy (non-hydrogen) atoms. The lowest BCUT2D eigenvalue weighted by Gasteiger charge is -2.53. The molecule has 1 atom stereocenters. The number of hydrogen-bond acceptors (Lipinski definition) is 2. The minimum Gasteiger partial charge on any atom is -0.395 e. The second-order valence-corrected chi connectivity index (χ2v) is 5.08. The van der Waals surface area contributed by atoms with Gasteiger partial charge < -0.3 is 5.11 Å². The summed E-state index contributed by atoms with van der Waals surface area (Å²) in [4.78, 5) is 2.34. The van der Waals surface area contributed by atoms with E-state index >= 15 is 0 Å². The van der Waals surface area contributed by atoms with E-state index in [0.717, 1.165) is 13.1 Å². The van der Waals surface area contributed by atoms with Crippen LogP contribution in [0, 0.1) is 5.41 Å². The van der Waals surface area contributed by atoms with E-state index in [9.17, 15) is 5.11 Å². The van der Waals surface area contributed by atoms with Crippen molar-refractivity contribution in [3.63, 3.8) is 0 Å². The SMILES string of the molecule is CC1(C)CN(Cc2ccccc2)C1CO. The third kappa shape index (κ3) is 2.06. The fourth-order valence-electron chi connectivity index (χ4n) is 2.47. The van der Waals surface area contributed by atoms with Crippen molar-refractivity contribution in [2.45, 2.75) is 26.4 Å². The highest BCUT2D eigenvalue weighted by molar-refractivity contribution is 5.16. The highest BCUT2D eigenvalue weighted by Crippen LogP contribution is 2.37. The van der Waals surface area contributed by atoms with Crippen LogP contribution in [0.5, 0.6) is 0 Å². The van der Waals surface area contributed by atoms with Gasteiger partial charge in [0.05, 0.1) is 6.61 Å². The molecule has 1 N–H and O–H groups in total. The van der Waals surface area contributed by atoms with Crippen LogP contribution in [-0.2, 0) is 6.54 Å². The molecule has 1 fully saturated rings. The Labute approximate surface area is 91.5 Å². The van der Waals surface area contributed by atoms with E-state index in [1.54, 1.807) is 0 Å². The number of aliphatic hydroxyl groups excluding tert-OH is 1. The molecule has 2 rings (SSSR count). The molecule has 1 aromatic carbocycles. The molecule has 1 aliphatic heterocycles. The number of rotatable bonds is 3. The van der Waals surface area contributed by atoms with E-state index < -0.39 is 0 Å². The number of likely N-dealkylation sites (tertiary alicyclic amines) is 1. The molecule has 1 unspecified atom stereocenters. The first-order valence-corrected chi connectivity index (χ1v) is 5.52. The standard InChI is InChI=1S/C13H19NO/c1-13(2)10-14(12(13)9-15)8-11-6-4-3-5-7-11/h3-7,12,15H,8-10H2,1-2H3. The van der Waals surface area contributed by atoms with E-state index in [-0.39, 0.29) is 12.0 Å². The predicted molar refractivity (Wildman–Crippen MR) is 61.5 cm³/mol. The zero-order valence-corrected chi connectivity index (χ0v) is 9.48. The summed E-state index contributed by atoms with van der Waals surface area (Å²) in [6.07, 6.45) is 0. The maximum atomic E-state index is 9.33. The van der Waals surface area contributed by atoms with Crippen molar-refractivity contribution in [1.29, 1.82) is 0 Å². The number of hydrogen-bond donors (Lipinski definition) is 1. The summed E-state index contributed by atoms with van der Waals surface area (Å²) in [6.45, 7) is 6.73. The molecule has 1 saturated heterocycles. The molecule has 2 heteroatoms. The largest absolute Gasteiger partial charge is 0.395 e. The fourth-order valence-corrected chi connectivity index (χ4v) is 2.47.